The molecule has 0 saturated carbocycles. The molecule has 0 spiro atoms. The second kappa shape index (κ2) is 5.66. The van der Waals surface area contributed by atoms with Gasteiger partial charge in [0.15, 0.2) is 0 Å². The van der Waals surface area contributed by atoms with E-state index in [1.54, 1.807) is 24.3 Å². The van der Waals surface area contributed by atoms with Crippen molar-refractivity contribution in [1.29, 1.82) is 0 Å². The first-order valence-corrected chi connectivity index (χ1v) is 6.24. The SMILES string of the molecule is Nc1cc(C(=O)Nc2ccccc2Br)c([N+](=O)[O-])cn1. The summed E-state index contributed by atoms with van der Waals surface area (Å²) >= 11 is 3.27. The van der Waals surface area contributed by atoms with E-state index in [-0.39, 0.29) is 11.4 Å². The first kappa shape index (κ1) is 13.9. The number of halogens is 1. The van der Waals surface area contributed by atoms with Gasteiger partial charge in [0, 0.05) is 4.47 Å². The van der Waals surface area contributed by atoms with Crippen LogP contribution in [0.25, 0.3) is 0 Å². The minimum absolute atomic E-state index is 0.0351. The second-order valence-electron chi connectivity index (χ2n) is 3.82. The fourth-order valence-corrected chi connectivity index (χ4v) is 1.93. The largest absolute Gasteiger partial charge is 0.384 e. The molecule has 0 bridgehead atoms. The van der Waals surface area contributed by atoms with E-state index < -0.39 is 16.5 Å². The highest BCUT2D eigenvalue weighted by molar-refractivity contribution is 9.10. The summed E-state index contributed by atoms with van der Waals surface area (Å²) in [5.74, 6) is -0.592. The molecule has 1 aromatic heterocycles. The Morgan fingerprint density at radius 1 is 1.40 bits per heavy atom. The van der Waals surface area contributed by atoms with Crippen molar-refractivity contribution in [3.8, 4) is 0 Å². The van der Waals surface area contributed by atoms with Gasteiger partial charge < -0.3 is 11.1 Å². The molecule has 7 nitrogen and oxygen atoms in total. The lowest BCUT2D eigenvalue weighted by Gasteiger charge is -2.07. The van der Waals surface area contributed by atoms with Gasteiger partial charge in [-0.15, -0.1) is 0 Å². The lowest BCUT2D eigenvalue weighted by molar-refractivity contribution is -0.385. The number of nitrogens with two attached hydrogens (primary N) is 1. The minimum Gasteiger partial charge on any atom is -0.384 e. The first-order chi connectivity index (χ1) is 9.49. The normalized spacial score (nSPS) is 10.1. The van der Waals surface area contributed by atoms with Crippen molar-refractivity contribution in [3.63, 3.8) is 0 Å². The summed E-state index contributed by atoms with van der Waals surface area (Å²) < 4.78 is 0.665. The molecule has 20 heavy (non-hydrogen) atoms. The minimum atomic E-state index is -0.679. The van der Waals surface area contributed by atoms with Crippen molar-refractivity contribution < 1.29 is 9.72 Å². The van der Waals surface area contributed by atoms with E-state index in [1.807, 2.05) is 0 Å². The molecular formula is C12H9BrN4O3. The molecular weight excluding hydrogens is 328 g/mol. The average Bonchev–Trinajstić information content (AvgIpc) is 2.40. The highest BCUT2D eigenvalue weighted by Crippen LogP contribution is 2.24. The van der Waals surface area contributed by atoms with Crippen LogP contribution < -0.4 is 11.1 Å². The molecule has 0 aliphatic heterocycles. The molecule has 3 N–H and O–H groups in total. The fourth-order valence-electron chi connectivity index (χ4n) is 1.54. The van der Waals surface area contributed by atoms with Gasteiger partial charge in [0.1, 0.15) is 17.6 Å². The third-order valence-corrected chi connectivity index (χ3v) is 3.16. The summed E-state index contributed by atoms with van der Waals surface area (Å²) in [5, 5.41) is 13.5. The Morgan fingerprint density at radius 3 is 2.75 bits per heavy atom. The zero-order valence-electron chi connectivity index (χ0n) is 10.0. The Labute approximate surface area is 122 Å². The number of amides is 1. The lowest BCUT2D eigenvalue weighted by Crippen LogP contribution is -2.15. The maximum absolute atomic E-state index is 12.1. The summed E-state index contributed by atoms with van der Waals surface area (Å²) in [6.07, 6.45) is 0.963. The molecule has 102 valence electrons. The van der Waals surface area contributed by atoms with E-state index in [0.717, 1.165) is 6.20 Å². The highest BCUT2D eigenvalue weighted by Gasteiger charge is 2.21. The lowest BCUT2D eigenvalue weighted by atomic mass is 10.2. The Kier molecular flexibility index (Phi) is 3.94. The van der Waals surface area contributed by atoms with E-state index in [9.17, 15) is 14.9 Å². The number of carbonyl (C=O) groups is 1. The summed E-state index contributed by atoms with van der Waals surface area (Å²) in [6, 6.07) is 8.09. The molecule has 2 rings (SSSR count). The number of pyridine rings is 1. The van der Waals surface area contributed by atoms with Gasteiger partial charge in [0.25, 0.3) is 11.6 Å². The van der Waals surface area contributed by atoms with Gasteiger partial charge in [0.05, 0.1) is 10.6 Å². The van der Waals surface area contributed by atoms with E-state index in [0.29, 0.717) is 10.2 Å². The molecule has 1 aromatic carbocycles. The van der Waals surface area contributed by atoms with E-state index in [4.69, 9.17) is 5.73 Å². The van der Waals surface area contributed by atoms with Gasteiger partial charge >= 0.3 is 0 Å². The summed E-state index contributed by atoms with van der Waals surface area (Å²) in [7, 11) is 0. The number of para-hydroxylation sites is 1. The van der Waals surface area contributed by atoms with E-state index >= 15 is 0 Å². The van der Waals surface area contributed by atoms with Crippen molar-refractivity contribution in [2.75, 3.05) is 11.1 Å². The number of hydrogen-bond donors (Lipinski definition) is 2. The Hall–Kier alpha value is -2.48. The fraction of sp³-hybridized carbons (Fsp3) is 0. The zero-order chi connectivity index (χ0) is 14.7. The van der Waals surface area contributed by atoms with E-state index in [2.05, 4.69) is 26.2 Å². The molecule has 1 amide bonds. The van der Waals surface area contributed by atoms with Crippen molar-refractivity contribution in [2.45, 2.75) is 0 Å². The Bertz CT molecular complexity index is 690. The van der Waals surface area contributed by atoms with Crippen LogP contribution in [0.1, 0.15) is 10.4 Å². The van der Waals surface area contributed by atoms with Gasteiger partial charge in [-0.1, -0.05) is 12.1 Å². The molecule has 0 aliphatic carbocycles. The number of nitro groups is 1. The summed E-state index contributed by atoms with van der Waals surface area (Å²) in [5.41, 5.74) is 5.43. The van der Waals surface area contributed by atoms with Crippen LogP contribution in [0, 0.1) is 10.1 Å². The smallest absolute Gasteiger partial charge is 0.300 e. The van der Waals surface area contributed by atoms with Crippen molar-refractivity contribution >= 4 is 39.0 Å². The standard InChI is InChI=1S/C12H9BrN4O3/c13-8-3-1-2-4-9(8)16-12(18)7-5-11(14)15-6-10(7)17(19)20/h1-6H,(H2,14,15)(H,16,18). The van der Waals surface area contributed by atoms with Crippen molar-refractivity contribution in [1.82, 2.24) is 4.98 Å². The Balaban J connectivity index is 2.37. The molecule has 2 aromatic rings. The highest BCUT2D eigenvalue weighted by atomic mass is 79.9. The Morgan fingerprint density at radius 2 is 2.10 bits per heavy atom. The third kappa shape index (κ3) is 2.91. The number of nitrogens with one attached hydrogen (secondary N) is 1. The third-order valence-electron chi connectivity index (χ3n) is 2.47. The maximum atomic E-state index is 12.1. The van der Waals surface area contributed by atoms with Crippen LogP contribution in [0.5, 0.6) is 0 Å². The predicted molar refractivity (Wildman–Crippen MR) is 77.4 cm³/mol. The number of aromatic nitrogens is 1. The molecule has 8 heteroatoms. The molecule has 0 atom stereocenters. The average molecular weight is 337 g/mol. The van der Waals surface area contributed by atoms with Crippen LogP contribution in [0.15, 0.2) is 41.0 Å². The van der Waals surface area contributed by atoms with Crippen LogP contribution in [-0.4, -0.2) is 15.8 Å². The van der Waals surface area contributed by atoms with Gasteiger partial charge in [-0.05, 0) is 34.1 Å². The molecule has 0 aliphatic rings. The van der Waals surface area contributed by atoms with Gasteiger partial charge in [-0.2, -0.15) is 0 Å². The van der Waals surface area contributed by atoms with Crippen molar-refractivity contribution in [3.05, 3.63) is 56.7 Å². The monoisotopic (exact) mass is 336 g/mol. The van der Waals surface area contributed by atoms with Crippen LogP contribution in [0.2, 0.25) is 0 Å². The molecule has 0 radical (unpaired) electrons. The zero-order valence-corrected chi connectivity index (χ0v) is 11.6. The number of carbonyl (C=O) groups excluding carboxylic acids is 1. The number of nitrogen functional groups attached to an aromatic ring is 1. The number of benzene rings is 1. The molecule has 0 fully saturated rings. The van der Waals surface area contributed by atoms with Gasteiger partial charge in [-0.25, -0.2) is 4.98 Å². The number of rotatable bonds is 3. The van der Waals surface area contributed by atoms with Crippen LogP contribution in [-0.2, 0) is 0 Å². The first-order valence-electron chi connectivity index (χ1n) is 5.45. The summed E-state index contributed by atoms with van der Waals surface area (Å²) in [4.78, 5) is 26.0. The molecule has 0 unspecified atom stereocenters. The second-order valence-corrected chi connectivity index (χ2v) is 4.67. The maximum Gasteiger partial charge on any atom is 0.300 e. The number of anilines is 2. The van der Waals surface area contributed by atoms with Crippen LogP contribution in [0.4, 0.5) is 17.2 Å². The number of hydrogen-bond acceptors (Lipinski definition) is 5. The number of nitrogens with zero attached hydrogens (tertiary/aromatic N) is 2. The topological polar surface area (TPSA) is 111 Å². The molecule has 1 heterocycles. The van der Waals surface area contributed by atoms with Gasteiger partial charge in [-0.3, -0.25) is 14.9 Å². The van der Waals surface area contributed by atoms with Gasteiger partial charge in [0.2, 0.25) is 0 Å². The van der Waals surface area contributed by atoms with Crippen LogP contribution in [0.3, 0.4) is 0 Å². The van der Waals surface area contributed by atoms with Crippen LogP contribution >= 0.6 is 15.9 Å². The van der Waals surface area contributed by atoms with E-state index in [1.165, 1.54) is 6.07 Å². The van der Waals surface area contributed by atoms with Crippen molar-refractivity contribution in [2.24, 2.45) is 0 Å². The predicted octanol–water partition coefficient (Wildman–Crippen LogP) is 2.59. The quantitative estimate of drug-likeness (QED) is 0.660. The summed E-state index contributed by atoms with van der Waals surface area (Å²) in [6.45, 7) is 0. The molecule has 0 saturated heterocycles.